The summed E-state index contributed by atoms with van der Waals surface area (Å²) in [6.45, 7) is 1.52. The van der Waals surface area contributed by atoms with Crippen LogP contribution < -0.4 is 5.32 Å². The second-order valence-electron chi connectivity index (χ2n) is 8.00. The minimum absolute atomic E-state index is 0.0238. The highest BCUT2D eigenvalue weighted by molar-refractivity contribution is 7.80. The molecule has 32 heavy (non-hydrogen) atoms. The summed E-state index contributed by atoms with van der Waals surface area (Å²) in [6, 6.07) is 25.4. The van der Waals surface area contributed by atoms with Crippen LogP contribution in [0.2, 0.25) is 0 Å². The van der Waals surface area contributed by atoms with E-state index in [2.05, 4.69) is 86.6 Å². The van der Waals surface area contributed by atoms with Crippen LogP contribution in [0.3, 0.4) is 0 Å². The summed E-state index contributed by atoms with van der Waals surface area (Å²) < 4.78 is 7.57. The Morgan fingerprint density at radius 2 is 1.84 bits per heavy atom. The fourth-order valence-electron chi connectivity index (χ4n) is 4.54. The van der Waals surface area contributed by atoms with Gasteiger partial charge in [-0.25, -0.2) is 0 Å². The zero-order valence-corrected chi connectivity index (χ0v) is 18.8. The van der Waals surface area contributed by atoms with Crippen LogP contribution in [0.25, 0.3) is 16.5 Å². The number of benzene rings is 2. The van der Waals surface area contributed by atoms with Crippen molar-refractivity contribution in [1.82, 2.24) is 19.8 Å². The molecule has 5 nitrogen and oxygen atoms in total. The number of nitrogens with one attached hydrogen (secondary N) is 1. The normalized spacial score (nSPS) is 18.3. The molecule has 1 aliphatic heterocycles. The first-order valence-electron chi connectivity index (χ1n) is 10.9. The van der Waals surface area contributed by atoms with Gasteiger partial charge in [-0.05, 0) is 65.8 Å². The minimum Gasteiger partial charge on any atom is -0.385 e. The van der Waals surface area contributed by atoms with Gasteiger partial charge in [-0.3, -0.25) is 4.98 Å². The standard InChI is InChI=1S/C26H26N4OS/c1-31-17-7-16-30-25(24(28-26(30)32)22-10-4-5-14-27-22)23-11-6-15-29(23)21-13-12-19-8-2-3-9-20(19)18-21/h2-6,8-15,18,24-25H,7,16-17H2,1H3,(H,28,32)/t24-,25+/m0/s1. The van der Waals surface area contributed by atoms with Gasteiger partial charge < -0.3 is 19.5 Å². The maximum atomic E-state index is 5.78. The van der Waals surface area contributed by atoms with Crippen molar-refractivity contribution >= 4 is 28.1 Å². The molecule has 0 aliphatic carbocycles. The van der Waals surface area contributed by atoms with E-state index in [1.54, 1.807) is 7.11 Å². The summed E-state index contributed by atoms with van der Waals surface area (Å²) in [5.74, 6) is 0. The predicted molar refractivity (Wildman–Crippen MR) is 132 cm³/mol. The molecule has 0 bridgehead atoms. The Labute approximate surface area is 193 Å². The van der Waals surface area contributed by atoms with Crippen molar-refractivity contribution in [2.45, 2.75) is 18.5 Å². The predicted octanol–water partition coefficient (Wildman–Crippen LogP) is 5.03. The van der Waals surface area contributed by atoms with E-state index in [-0.39, 0.29) is 12.1 Å². The molecule has 5 rings (SSSR count). The number of hydrogen-bond acceptors (Lipinski definition) is 3. The molecule has 0 spiro atoms. The molecule has 0 radical (unpaired) electrons. The summed E-state index contributed by atoms with van der Waals surface area (Å²) in [7, 11) is 1.74. The number of fused-ring (bicyclic) bond motifs is 1. The number of pyridine rings is 1. The van der Waals surface area contributed by atoms with Crippen molar-refractivity contribution in [2.24, 2.45) is 0 Å². The molecule has 0 saturated carbocycles. The van der Waals surface area contributed by atoms with E-state index in [1.165, 1.54) is 16.5 Å². The fraction of sp³-hybridized carbons (Fsp3) is 0.231. The smallest absolute Gasteiger partial charge is 0.170 e. The zero-order chi connectivity index (χ0) is 21.9. The lowest BCUT2D eigenvalue weighted by Gasteiger charge is -2.29. The lowest BCUT2D eigenvalue weighted by Crippen LogP contribution is -2.32. The number of thiocarbonyl (C=S) groups is 1. The van der Waals surface area contributed by atoms with Crippen LogP contribution in [-0.2, 0) is 4.74 Å². The van der Waals surface area contributed by atoms with E-state index in [0.29, 0.717) is 6.61 Å². The van der Waals surface area contributed by atoms with Crippen molar-refractivity contribution in [1.29, 1.82) is 0 Å². The molecule has 1 N–H and O–H groups in total. The highest BCUT2D eigenvalue weighted by atomic mass is 32.1. The van der Waals surface area contributed by atoms with Gasteiger partial charge in [0, 0.05) is 44.0 Å². The first-order chi connectivity index (χ1) is 15.8. The summed E-state index contributed by atoms with van der Waals surface area (Å²) in [5.41, 5.74) is 3.30. The molecular weight excluding hydrogens is 416 g/mol. The van der Waals surface area contributed by atoms with E-state index >= 15 is 0 Å². The second kappa shape index (κ2) is 9.10. The Balaban J connectivity index is 1.58. The first kappa shape index (κ1) is 20.7. The van der Waals surface area contributed by atoms with Gasteiger partial charge in [0.15, 0.2) is 5.11 Å². The van der Waals surface area contributed by atoms with Crippen molar-refractivity contribution in [3.05, 3.63) is 96.6 Å². The Hall–Kier alpha value is -3.22. The van der Waals surface area contributed by atoms with Gasteiger partial charge in [-0.1, -0.05) is 36.4 Å². The molecule has 162 valence electrons. The van der Waals surface area contributed by atoms with Crippen molar-refractivity contribution in [3.8, 4) is 5.69 Å². The van der Waals surface area contributed by atoms with Crippen LogP contribution in [0.5, 0.6) is 0 Å². The average molecular weight is 443 g/mol. The second-order valence-corrected chi connectivity index (χ2v) is 8.39. The quantitative estimate of drug-likeness (QED) is 0.321. The topological polar surface area (TPSA) is 42.3 Å². The van der Waals surface area contributed by atoms with Crippen LogP contribution in [0.4, 0.5) is 0 Å². The van der Waals surface area contributed by atoms with Crippen LogP contribution in [0, 0.1) is 0 Å². The van der Waals surface area contributed by atoms with Crippen LogP contribution in [0.15, 0.2) is 85.2 Å². The number of rotatable bonds is 7. The monoisotopic (exact) mass is 442 g/mol. The zero-order valence-electron chi connectivity index (χ0n) is 18.0. The fourth-order valence-corrected chi connectivity index (χ4v) is 4.88. The van der Waals surface area contributed by atoms with Crippen molar-refractivity contribution < 1.29 is 4.74 Å². The Kier molecular flexibility index (Phi) is 5.88. The summed E-state index contributed by atoms with van der Waals surface area (Å²) in [5, 5.41) is 6.75. The minimum atomic E-state index is -0.0275. The van der Waals surface area contributed by atoms with Gasteiger partial charge in [-0.15, -0.1) is 0 Å². The average Bonchev–Trinajstić information content (AvgIpc) is 3.44. The highest BCUT2D eigenvalue weighted by Crippen LogP contribution is 2.39. The highest BCUT2D eigenvalue weighted by Gasteiger charge is 2.40. The number of ether oxygens (including phenoxy) is 1. The van der Waals surface area contributed by atoms with Gasteiger partial charge in [0.2, 0.25) is 0 Å². The maximum Gasteiger partial charge on any atom is 0.170 e. The van der Waals surface area contributed by atoms with Crippen molar-refractivity contribution in [2.75, 3.05) is 20.3 Å². The molecule has 0 amide bonds. The summed E-state index contributed by atoms with van der Waals surface area (Å²) in [4.78, 5) is 6.93. The van der Waals surface area contributed by atoms with Crippen LogP contribution in [-0.4, -0.2) is 39.8 Å². The molecule has 1 aliphatic rings. The Bertz CT molecular complexity index is 1220. The molecule has 1 saturated heterocycles. The number of nitrogens with zero attached hydrogens (tertiary/aromatic N) is 3. The van der Waals surface area contributed by atoms with Gasteiger partial charge in [0.05, 0.1) is 17.8 Å². The van der Waals surface area contributed by atoms with E-state index < -0.39 is 0 Å². The summed E-state index contributed by atoms with van der Waals surface area (Å²) in [6.07, 6.45) is 4.87. The number of aromatic nitrogens is 2. The molecule has 2 aromatic heterocycles. The largest absolute Gasteiger partial charge is 0.385 e. The van der Waals surface area contributed by atoms with E-state index in [0.717, 1.165) is 29.5 Å². The summed E-state index contributed by atoms with van der Waals surface area (Å²) >= 11 is 5.78. The van der Waals surface area contributed by atoms with Gasteiger partial charge >= 0.3 is 0 Å². The Morgan fingerprint density at radius 3 is 2.66 bits per heavy atom. The maximum absolute atomic E-state index is 5.78. The molecule has 6 heteroatoms. The molecular formula is C26H26N4OS. The molecule has 4 aromatic rings. The number of hydrogen-bond donors (Lipinski definition) is 1. The number of methoxy groups -OCH3 is 1. The van der Waals surface area contributed by atoms with Crippen LogP contribution >= 0.6 is 12.2 Å². The van der Waals surface area contributed by atoms with E-state index in [9.17, 15) is 0 Å². The van der Waals surface area contributed by atoms with Gasteiger partial charge in [0.25, 0.3) is 0 Å². The SMILES string of the molecule is COCCCN1C(=S)N[C@@H](c2ccccn2)[C@H]1c1cccn1-c1ccc2ccccc2c1. The Morgan fingerprint density at radius 1 is 1.00 bits per heavy atom. The van der Waals surface area contributed by atoms with E-state index in [4.69, 9.17) is 17.0 Å². The first-order valence-corrected chi connectivity index (χ1v) is 11.3. The van der Waals surface area contributed by atoms with E-state index in [1.807, 2.05) is 18.3 Å². The molecule has 3 heterocycles. The molecule has 0 unspecified atom stereocenters. The molecule has 2 aromatic carbocycles. The van der Waals surface area contributed by atoms with Crippen molar-refractivity contribution in [3.63, 3.8) is 0 Å². The third kappa shape index (κ3) is 3.87. The molecule has 1 fully saturated rings. The third-order valence-electron chi connectivity index (χ3n) is 6.04. The van der Waals surface area contributed by atoms with Gasteiger partial charge in [0.1, 0.15) is 0 Å². The lowest BCUT2D eigenvalue weighted by atomic mass is 10.0. The van der Waals surface area contributed by atoms with Crippen LogP contribution in [0.1, 0.15) is 29.9 Å². The van der Waals surface area contributed by atoms with Gasteiger partial charge in [-0.2, -0.15) is 0 Å². The molecule has 2 atom stereocenters. The third-order valence-corrected chi connectivity index (χ3v) is 6.39. The lowest BCUT2D eigenvalue weighted by molar-refractivity contribution is 0.180.